The molecule has 2 aromatic heterocycles. The van der Waals surface area contributed by atoms with Gasteiger partial charge in [0.2, 0.25) is 0 Å². The van der Waals surface area contributed by atoms with Crippen molar-refractivity contribution >= 4 is 11.5 Å². The molecule has 1 aliphatic heterocycles. The Kier molecular flexibility index (Phi) is 3.23. The lowest BCUT2D eigenvalue weighted by atomic mass is 10.1. The maximum absolute atomic E-state index is 13.9. The van der Waals surface area contributed by atoms with E-state index in [-0.39, 0.29) is 5.82 Å². The molecule has 0 saturated carbocycles. The molecule has 3 aromatic rings. The number of benzene rings is 1. The minimum Gasteiger partial charge on any atom is -0.378 e. The molecule has 1 fully saturated rings. The average molecular weight is 298 g/mol. The largest absolute Gasteiger partial charge is 0.378 e. The number of aromatic nitrogens is 3. The Morgan fingerprint density at radius 1 is 1.09 bits per heavy atom. The van der Waals surface area contributed by atoms with Crippen molar-refractivity contribution in [3.8, 4) is 11.3 Å². The molecular weight excluding hydrogens is 283 g/mol. The van der Waals surface area contributed by atoms with Crippen molar-refractivity contribution in [3.63, 3.8) is 0 Å². The second-order valence-corrected chi connectivity index (χ2v) is 5.20. The van der Waals surface area contributed by atoms with E-state index < -0.39 is 0 Å². The summed E-state index contributed by atoms with van der Waals surface area (Å²) in [6.45, 7) is 3.09. The molecular formula is C16H15FN4O. The number of anilines is 1. The van der Waals surface area contributed by atoms with Crippen LogP contribution in [0.1, 0.15) is 0 Å². The Morgan fingerprint density at radius 3 is 2.73 bits per heavy atom. The first kappa shape index (κ1) is 13.2. The molecule has 0 aliphatic carbocycles. The van der Waals surface area contributed by atoms with E-state index in [1.807, 2.05) is 18.3 Å². The maximum Gasteiger partial charge on any atom is 0.157 e. The van der Waals surface area contributed by atoms with Gasteiger partial charge in [-0.3, -0.25) is 0 Å². The van der Waals surface area contributed by atoms with Gasteiger partial charge in [-0.1, -0.05) is 12.1 Å². The summed E-state index contributed by atoms with van der Waals surface area (Å²) in [5.41, 5.74) is 1.79. The number of hydrogen-bond acceptors (Lipinski definition) is 4. The fraction of sp³-hybridized carbons (Fsp3) is 0.250. The van der Waals surface area contributed by atoms with Gasteiger partial charge in [-0.15, -0.1) is 0 Å². The van der Waals surface area contributed by atoms with Gasteiger partial charge in [0.05, 0.1) is 18.9 Å². The molecule has 0 unspecified atom stereocenters. The highest BCUT2D eigenvalue weighted by Crippen LogP contribution is 2.23. The lowest BCUT2D eigenvalue weighted by Crippen LogP contribution is -2.36. The highest BCUT2D eigenvalue weighted by Gasteiger charge is 2.14. The molecule has 0 amide bonds. The van der Waals surface area contributed by atoms with Crippen LogP contribution in [0.5, 0.6) is 0 Å². The highest BCUT2D eigenvalue weighted by atomic mass is 19.1. The van der Waals surface area contributed by atoms with Crippen LogP contribution in [-0.4, -0.2) is 40.9 Å². The van der Waals surface area contributed by atoms with Gasteiger partial charge >= 0.3 is 0 Å². The molecule has 0 spiro atoms. The van der Waals surface area contributed by atoms with Gasteiger partial charge in [0.25, 0.3) is 0 Å². The van der Waals surface area contributed by atoms with Crippen LogP contribution in [0, 0.1) is 5.82 Å². The fourth-order valence-corrected chi connectivity index (χ4v) is 2.64. The molecule has 0 radical (unpaired) electrons. The zero-order valence-electron chi connectivity index (χ0n) is 11.9. The zero-order chi connectivity index (χ0) is 14.9. The van der Waals surface area contributed by atoms with Crippen molar-refractivity contribution in [1.29, 1.82) is 0 Å². The van der Waals surface area contributed by atoms with Crippen LogP contribution < -0.4 is 4.90 Å². The standard InChI is InChI=1S/C16H15FN4O/c17-13-4-2-1-3-12(13)14-11-16-18-15(5-6-21(16)19-14)20-7-9-22-10-8-20/h1-6,11H,7-10H2. The van der Waals surface area contributed by atoms with Crippen molar-refractivity contribution < 1.29 is 9.13 Å². The third-order valence-electron chi connectivity index (χ3n) is 3.79. The highest BCUT2D eigenvalue weighted by molar-refractivity contribution is 5.65. The second kappa shape index (κ2) is 5.38. The molecule has 112 valence electrons. The van der Waals surface area contributed by atoms with E-state index in [4.69, 9.17) is 4.74 Å². The Balaban J connectivity index is 1.73. The second-order valence-electron chi connectivity index (χ2n) is 5.20. The topological polar surface area (TPSA) is 42.7 Å². The molecule has 22 heavy (non-hydrogen) atoms. The monoisotopic (exact) mass is 298 g/mol. The first-order valence-electron chi connectivity index (χ1n) is 7.25. The maximum atomic E-state index is 13.9. The van der Waals surface area contributed by atoms with Crippen LogP contribution in [0.3, 0.4) is 0 Å². The van der Waals surface area contributed by atoms with Crippen LogP contribution in [0.25, 0.3) is 16.9 Å². The fourth-order valence-electron chi connectivity index (χ4n) is 2.64. The molecule has 4 rings (SSSR count). The normalized spacial score (nSPS) is 15.4. The summed E-state index contributed by atoms with van der Waals surface area (Å²) in [5.74, 6) is 0.620. The minimum absolute atomic E-state index is 0.278. The van der Waals surface area contributed by atoms with Crippen molar-refractivity contribution in [2.75, 3.05) is 31.2 Å². The van der Waals surface area contributed by atoms with Gasteiger partial charge in [-0.2, -0.15) is 5.10 Å². The number of fused-ring (bicyclic) bond motifs is 1. The number of morpholine rings is 1. The van der Waals surface area contributed by atoms with Gasteiger partial charge in [0.1, 0.15) is 11.6 Å². The third kappa shape index (κ3) is 2.31. The summed E-state index contributed by atoms with van der Waals surface area (Å²) in [5, 5.41) is 4.40. The minimum atomic E-state index is -0.278. The molecule has 1 saturated heterocycles. The first-order valence-corrected chi connectivity index (χ1v) is 7.25. The smallest absolute Gasteiger partial charge is 0.157 e. The van der Waals surface area contributed by atoms with E-state index in [0.29, 0.717) is 30.1 Å². The predicted octanol–water partition coefficient (Wildman–Crippen LogP) is 2.37. The van der Waals surface area contributed by atoms with Crippen molar-refractivity contribution in [3.05, 3.63) is 48.4 Å². The molecule has 6 heteroatoms. The molecule has 0 bridgehead atoms. The number of halogens is 1. The van der Waals surface area contributed by atoms with Gasteiger partial charge in [-0.05, 0) is 18.2 Å². The quantitative estimate of drug-likeness (QED) is 0.728. The number of nitrogens with zero attached hydrogens (tertiary/aromatic N) is 4. The van der Waals surface area contributed by atoms with E-state index in [1.165, 1.54) is 6.07 Å². The van der Waals surface area contributed by atoms with E-state index in [0.717, 1.165) is 18.9 Å². The molecule has 3 heterocycles. The Morgan fingerprint density at radius 2 is 1.91 bits per heavy atom. The van der Waals surface area contributed by atoms with Gasteiger partial charge in [0, 0.05) is 30.9 Å². The first-order chi connectivity index (χ1) is 10.8. The Hall–Kier alpha value is -2.47. The summed E-state index contributed by atoms with van der Waals surface area (Å²) in [6.07, 6.45) is 1.86. The number of rotatable bonds is 2. The van der Waals surface area contributed by atoms with Crippen LogP contribution in [0.2, 0.25) is 0 Å². The average Bonchev–Trinajstić information content (AvgIpc) is 2.99. The van der Waals surface area contributed by atoms with Crippen molar-refractivity contribution in [1.82, 2.24) is 14.6 Å². The Labute approximate surface area is 127 Å². The van der Waals surface area contributed by atoms with E-state index >= 15 is 0 Å². The third-order valence-corrected chi connectivity index (χ3v) is 3.79. The van der Waals surface area contributed by atoms with Crippen LogP contribution in [0.15, 0.2) is 42.6 Å². The zero-order valence-corrected chi connectivity index (χ0v) is 11.9. The van der Waals surface area contributed by atoms with Crippen molar-refractivity contribution in [2.45, 2.75) is 0 Å². The van der Waals surface area contributed by atoms with E-state index in [9.17, 15) is 4.39 Å². The SMILES string of the molecule is Fc1ccccc1-c1cc2nc(N3CCOCC3)ccn2n1. The van der Waals surface area contributed by atoms with Gasteiger partial charge in [0.15, 0.2) is 5.65 Å². The number of hydrogen-bond donors (Lipinski definition) is 0. The number of ether oxygens (including phenoxy) is 1. The van der Waals surface area contributed by atoms with E-state index in [2.05, 4.69) is 15.0 Å². The summed E-state index contributed by atoms with van der Waals surface area (Å²) in [4.78, 5) is 6.80. The summed E-state index contributed by atoms with van der Waals surface area (Å²) in [6, 6.07) is 10.4. The summed E-state index contributed by atoms with van der Waals surface area (Å²) >= 11 is 0. The van der Waals surface area contributed by atoms with E-state index in [1.54, 1.807) is 22.7 Å². The summed E-state index contributed by atoms with van der Waals surface area (Å²) in [7, 11) is 0. The van der Waals surface area contributed by atoms with Crippen LogP contribution >= 0.6 is 0 Å². The van der Waals surface area contributed by atoms with Gasteiger partial charge < -0.3 is 9.64 Å². The molecule has 0 atom stereocenters. The van der Waals surface area contributed by atoms with Gasteiger partial charge in [-0.25, -0.2) is 13.9 Å². The Bertz CT molecular complexity index is 811. The van der Waals surface area contributed by atoms with Crippen LogP contribution in [-0.2, 0) is 4.74 Å². The predicted molar refractivity (Wildman–Crippen MR) is 81.4 cm³/mol. The lowest BCUT2D eigenvalue weighted by molar-refractivity contribution is 0.122. The molecule has 5 nitrogen and oxygen atoms in total. The summed E-state index contributed by atoms with van der Waals surface area (Å²) < 4.78 is 20.9. The molecule has 1 aromatic carbocycles. The van der Waals surface area contributed by atoms with Crippen LogP contribution in [0.4, 0.5) is 10.2 Å². The molecule has 1 aliphatic rings. The molecule has 0 N–H and O–H groups in total. The van der Waals surface area contributed by atoms with Crippen molar-refractivity contribution in [2.24, 2.45) is 0 Å². The lowest BCUT2D eigenvalue weighted by Gasteiger charge is -2.27.